The van der Waals surface area contributed by atoms with E-state index in [1.54, 1.807) is 6.20 Å². The van der Waals surface area contributed by atoms with E-state index in [0.717, 1.165) is 43.4 Å². The molecule has 1 fully saturated rings. The Morgan fingerprint density at radius 3 is 2.36 bits per heavy atom. The van der Waals surface area contributed by atoms with Crippen LogP contribution in [0.2, 0.25) is 0 Å². The smallest absolute Gasteiger partial charge is 0.335 e. The fourth-order valence-electron chi connectivity index (χ4n) is 4.30. The monoisotopic (exact) mass is 498 g/mol. The Morgan fingerprint density at radius 1 is 1.14 bits per heavy atom. The van der Waals surface area contributed by atoms with Crippen LogP contribution in [-0.2, 0) is 9.59 Å². The zero-order valence-electron chi connectivity index (χ0n) is 20.4. The molecule has 194 valence electrons. The van der Waals surface area contributed by atoms with E-state index >= 15 is 0 Å². The van der Waals surface area contributed by atoms with Crippen LogP contribution in [0.4, 0.5) is 0 Å². The van der Waals surface area contributed by atoms with Crippen LogP contribution < -0.4 is 0 Å². The van der Waals surface area contributed by atoms with Gasteiger partial charge >= 0.3 is 11.9 Å². The molecule has 36 heavy (non-hydrogen) atoms. The molecule has 1 aromatic heterocycles. The van der Waals surface area contributed by atoms with Crippen LogP contribution in [0.15, 0.2) is 61.3 Å². The van der Waals surface area contributed by atoms with Crippen molar-refractivity contribution in [3.8, 4) is 0 Å². The molecule has 1 aliphatic rings. The van der Waals surface area contributed by atoms with Crippen molar-refractivity contribution in [2.45, 2.75) is 38.4 Å². The van der Waals surface area contributed by atoms with Crippen molar-refractivity contribution in [1.29, 1.82) is 0 Å². The molecule has 2 aromatic rings. The number of carboxylic acid groups (broad SMARTS) is 2. The summed E-state index contributed by atoms with van der Waals surface area (Å²) in [7, 11) is 0. The summed E-state index contributed by atoms with van der Waals surface area (Å²) in [6, 6.07) is 9.59. The van der Waals surface area contributed by atoms with Crippen molar-refractivity contribution >= 4 is 28.6 Å². The molecule has 0 amide bonds. The van der Waals surface area contributed by atoms with E-state index in [-0.39, 0.29) is 5.78 Å². The number of pyridine rings is 1. The number of nitrogens with zero attached hydrogens (tertiary/aromatic N) is 2. The number of carboxylic acids is 2. The average Bonchev–Trinajstić information content (AvgIpc) is 2.88. The van der Waals surface area contributed by atoms with Crippen molar-refractivity contribution in [2.75, 3.05) is 19.6 Å². The summed E-state index contributed by atoms with van der Waals surface area (Å²) < 4.78 is 0. The van der Waals surface area contributed by atoms with Gasteiger partial charge in [-0.2, -0.15) is 0 Å². The molecule has 0 radical (unpaired) electrons. The van der Waals surface area contributed by atoms with Crippen molar-refractivity contribution in [1.82, 2.24) is 9.88 Å². The Labute approximate surface area is 210 Å². The number of carbonyl (C=O) groups excluding carboxylic acids is 1. The lowest BCUT2D eigenvalue weighted by Crippen LogP contribution is -2.40. The third kappa shape index (κ3) is 7.55. The van der Waals surface area contributed by atoms with Gasteiger partial charge in [0.15, 0.2) is 18.0 Å². The van der Waals surface area contributed by atoms with E-state index in [9.17, 15) is 14.4 Å². The van der Waals surface area contributed by atoms with Gasteiger partial charge in [0, 0.05) is 23.7 Å². The number of hydrogen-bond donors (Lipinski definition) is 4. The van der Waals surface area contributed by atoms with Gasteiger partial charge in [0.1, 0.15) is 0 Å². The van der Waals surface area contributed by atoms with Crippen LogP contribution in [0, 0.1) is 11.8 Å². The standard InChI is InChI=1S/C23H28N2O.C4H6O6/c1-4-13-25-14-11-19(18(5-2)16-25)15-17(3)23(26)21-10-12-24-22-9-7-6-8-20(21)22;5-1(3(7)8)2(6)4(9)10/h5-10,12,18-19H,2-4,11,13-16H2,1H3;1-2,5-6H,(H,7,8)(H,9,10). The second-order valence-corrected chi connectivity index (χ2v) is 8.83. The molecule has 0 aliphatic carbocycles. The second kappa shape index (κ2) is 13.6. The number of piperidine rings is 1. The van der Waals surface area contributed by atoms with Crippen LogP contribution in [0.3, 0.4) is 0 Å². The molecule has 0 bridgehead atoms. The molecule has 4 atom stereocenters. The lowest BCUT2D eigenvalue weighted by Gasteiger charge is -2.37. The van der Waals surface area contributed by atoms with E-state index in [1.807, 2.05) is 30.3 Å². The summed E-state index contributed by atoms with van der Waals surface area (Å²) >= 11 is 0. The second-order valence-electron chi connectivity index (χ2n) is 8.83. The zero-order chi connectivity index (χ0) is 26.8. The van der Waals surface area contributed by atoms with Gasteiger partial charge in [-0.05, 0) is 61.9 Å². The van der Waals surface area contributed by atoms with Gasteiger partial charge in [-0.15, -0.1) is 6.58 Å². The first-order valence-corrected chi connectivity index (χ1v) is 11.8. The summed E-state index contributed by atoms with van der Waals surface area (Å²) in [5.74, 6) is -2.62. The summed E-state index contributed by atoms with van der Waals surface area (Å²) in [6.45, 7) is 13.7. The Balaban J connectivity index is 0.000000388. The Morgan fingerprint density at radius 2 is 1.78 bits per heavy atom. The largest absolute Gasteiger partial charge is 0.479 e. The van der Waals surface area contributed by atoms with Gasteiger partial charge in [0.05, 0.1) is 5.52 Å². The maximum absolute atomic E-state index is 13.0. The third-order valence-electron chi connectivity index (χ3n) is 6.26. The number of aliphatic hydroxyl groups is 2. The van der Waals surface area contributed by atoms with Crippen molar-refractivity contribution in [3.63, 3.8) is 0 Å². The third-order valence-corrected chi connectivity index (χ3v) is 6.26. The molecular formula is C27H34N2O7. The molecule has 1 aliphatic heterocycles. The van der Waals surface area contributed by atoms with Gasteiger partial charge in [0.2, 0.25) is 0 Å². The van der Waals surface area contributed by atoms with Crippen molar-refractivity contribution < 1.29 is 34.8 Å². The highest BCUT2D eigenvalue weighted by Gasteiger charge is 2.30. The predicted octanol–water partition coefficient (Wildman–Crippen LogP) is 2.78. The minimum atomic E-state index is -2.27. The molecule has 3 rings (SSSR count). The summed E-state index contributed by atoms with van der Waals surface area (Å²) in [6.07, 6.45) is 2.25. The Kier molecular flexibility index (Phi) is 10.9. The van der Waals surface area contributed by atoms with Crippen LogP contribution in [0.25, 0.3) is 10.9 Å². The number of Topliss-reactive ketones (excluding diaryl/α,β-unsaturated/α-hetero) is 1. The molecule has 9 nitrogen and oxygen atoms in total. The number of hydrogen-bond acceptors (Lipinski definition) is 7. The number of para-hydroxylation sites is 1. The molecule has 4 unspecified atom stereocenters. The highest BCUT2D eigenvalue weighted by Crippen LogP contribution is 2.31. The van der Waals surface area contributed by atoms with E-state index < -0.39 is 24.1 Å². The minimum Gasteiger partial charge on any atom is -0.479 e. The number of aliphatic hydroxyl groups excluding tert-OH is 2. The number of rotatable bonds is 10. The molecule has 4 N–H and O–H groups in total. The van der Waals surface area contributed by atoms with Gasteiger partial charge in [-0.1, -0.05) is 37.8 Å². The number of aromatic nitrogens is 1. The SMILES string of the molecule is C=CC1CN(CCC)CCC1CC(=C)C(=O)c1ccnc2ccccc12.O=C(O)C(O)C(O)C(=O)O. The summed E-state index contributed by atoms with van der Waals surface area (Å²) in [5.41, 5.74) is 2.25. The maximum Gasteiger partial charge on any atom is 0.335 e. The van der Waals surface area contributed by atoms with Crippen molar-refractivity contribution in [3.05, 3.63) is 66.9 Å². The lowest BCUT2D eigenvalue weighted by atomic mass is 9.80. The van der Waals surface area contributed by atoms with Crippen LogP contribution in [0.1, 0.15) is 36.5 Å². The number of likely N-dealkylation sites (tertiary alicyclic amines) is 1. The van der Waals surface area contributed by atoms with E-state index in [1.165, 1.54) is 6.42 Å². The topological polar surface area (TPSA) is 148 Å². The Hall–Kier alpha value is -3.40. The number of carbonyl (C=O) groups is 3. The first-order chi connectivity index (χ1) is 17.1. The molecule has 9 heteroatoms. The molecular weight excluding hydrogens is 464 g/mol. The average molecular weight is 499 g/mol. The Bertz CT molecular complexity index is 1080. The molecule has 0 saturated carbocycles. The minimum absolute atomic E-state index is 0.0439. The van der Waals surface area contributed by atoms with Gasteiger partial charge in [-0.25, -0.2) is 9.59 Å². The fourth-order valence-corrected chi connectivity index (χ4v) is 4.30. The van der Waals surface area contributed by atoms with Crippen LogP contribution in [-0.4, -0.2) is 79.9 Å². The number of fused-ring (bicyclic) bond motifs is 1. The van der Waals surface area contributed by atoms with Gasteiger partial charge in [0.25, 0.3) is 0 Å². The van der Waals surface area contributed by atoms with Crippen LogP contribution >= 0.6 is 0 Å². The quantitative estimate of drug-likeness (QED) is 0.220. The molecule has 1 saturated heterocycles. The highest BCUT2D eigenvalue weighted by atomic mass is 16.4. The van der Waals surface area contributed by atoms with Gasteiger partial charge in [-0.3, -0.25) is 9.78 Å². The molecule has 1 aromatic carbocycles. The number of aliphatic carboxylic acids is 2. The molecule has 2 heterocycles. The first kappa shape index (κ1) is 28.8. The zero-order valence-corrected chi connectivity index (χ0v) is 20.4. The normalized spacial score (nSPS) is 19.4. The van der Waals surface area contributed by atoms with Crippen molar-refractivity contribution in [2.24, 2.45) is 11.8 Å². The predicted molar refractivity (Wildman–Crippen MR) is 136 cm³/mol. The summed E-state index contributed by atoms with van der Waals surface area (Å²) in [4.78, 5) is 39.4. The van der Waals surface area contributed by atoms with Crippen LogP contribution in [0.5, 0.6) is 0 Å². The number of benzene rings is 1. The fraction of sp³-hybridized carbons (Fsp3) is 0.407. The summed E-state index contributed by atoms with van der Waals surface area (Å²) in [5, 5.41) is 33.4. The van der Waals surface area contributed by atoms with Gasteiger partial charge < -0.3 is 25.3 Å². The van der Waals surface area contributed by atoms with E-state index in [2.05, 4.69) is 36.0 Å². The number of allylic oxidation sites excluding steroid dienone is 1. The highest BCUT2D eigenvalue weighted by molar-refractivity contribution is 6.15. The molecule has 0 spiro atoms. The number of ketones is 1. The van der Waals surface area contributed by atoms with E-state index in [4.69, 9.17) is 20.4 Å². The lowest BCUT2D eigenvalue weighted by molar-refractivity contribution is -0.165. The first-order valence-electron chi connectivity index (χ1n) is 11.8. The van der Waals surface area contributed by atoms with E-state index in [0.29, 0.717) is 23.0 Å². The maximum atomic E-state index is 13.0.